The van der Waals surface area contributed by atoms with E-state index in [9.17, 15) is 19.5 Å². The number of carbonyl (C=O) groups excluding carboxylic acids is 2. The number of nitrogens with two attached hydrogens (primary N) is 1. The monoisotopic (exact) mass is 481 g/mol. The highest BCUT2D eigenvalue weighted by molar-refractivity contribution is 6.02. The molecule has 2 atom stereocenters. The first kappa shape index (κ1) is 25.2. The molecular weight excluding hydrogens is 454 g/mol. The number of amidine groups is 1. The number of carboxylic acid groups (broad SMARTS) is 1. The molecule has 0 aliphatic carbocycles. The first-order valence-corrected chi connectivity index (χ1v) is 11.0. The van der Waals surface area contributed by atoms with Crippen molar-refractivity contribution in [1.29, 1.82) is 5.41 Å². The van der Waals surface area contributed by atoms with Gasteiger partial charge in [0.2, 0.25) is 5.91 Å². The lowest BCUT2D eigenvalue weighted by Crippen LogP contribution is -2.49. The molecule has 6 N–H and O–H groups in total. The van der Waals surface area contributed by atoms with Crippen LogP contribution in [0.4, 0.5) is 4.79 Å². The molecule has 0 bridgehead atoms. The van der Waals surface area contributed by atoms with Gasteiger partial charge in [-0.15, -0.1) is 0 Å². The Kier molecular flexibility index (Phi) is 8.76. The number of benzene rings is 2. The second-order valence-electron chi connectivity index (χ2n) is 7.88. The van der Waals surface area contributed by atoms with Crippen molar-refractivity contribution in [1.82, 2.24) is 10.6 Å². The van der Waals surface area contributed by atoms with Crippen LogP contribution in [0.3, 0.4) is 0 Å². The summed E-state index contributed by atoms with van der Waals surface area (Å²) in [5.74, 6) is -1.78. The van der Waals surface area contributed by atoms with Gasteiger partial charge in [-0.3, -0.25) is 10.2 Å². The van der Waals surface area contributed by atoms with Gasteiger partial charge >= 0.3 is 12.1 Å². The number of oxime groups is 1. The van der Waals surface area contributed by atoms with Crippen LogP contribution in [0.1, 0.15) is 29.5 Å². The van der Waals surface area contributed by atoms with Crippen LogP contribution < -0.4 is 16.4 Å². The molecule has 11 nitrogen and oxygen atoms in total. The molecule has 0 radical (unpaired) electrons. The Morgan fingerprint density at radius 3 is 2.54 bits per heavy atom. The van der Waals surface area contributed by atoms with Gasteiger partial charge in [0.05, 0.1) is 18.7 Å². The molecule has 3 rings (SSSR count). The molecule has 1 heterocycles. The highest BCUT2D eigenvalue weighted by Gasteiger charge is 2.26. The van der Waals surface area contributed by atoms with Gasteiger partial charge < -0.3 is 31.0 Å². The SMILES string of the molecule is N=C(N)c1ccc(C2=NOC(CC(=O)NC[C@H](NC(=O)OCCc3ccccc3)C(=O)O)C2)cc1. The minimum atomic E-state index is -1.35. The van der Waals surface area contributed by atoms with E-state index in [1.165, 1.54) is 0 Å². The molecule has 0 saturated carbocycles. The number of hydrogen-bond acceptors (Lipinski definition) is 7. The van der Waals surface area contributed by atoms with E-state index >= 15 is 0 Å². The maximum atomic E-state index is 12.3. The summed E-state index contributed by atoms with van der Waals surface area (Å²) in [5, 5.41) is 25.5. The van der Waals surface area contributed by atoms with Gasteiger partial charge in [0.25, 0.3) is 0 Å². The zero-order valence-corrected chi connectivity index (χ0v) is 18.9. The van der Waals surface area contributed by atoms with E-state index in [1.54, 1.807) is 24.3 Å². The standard InChI is InChI=1S/C24H27N5O6/c25-22(26)17-8-6-16(7-9-17)19-12-18(35-29-19)13-21(30)27-14-20(23(31)32)28-24(33)34-11-10-15-4-2-1-3-5-15/h1-9,18,20H,10-14H2,(H3,25,26)(H,27,30)(H,28,33)(H,31,32)/t18?,20-/m0/s1. The Balaban J connectivity index is 1.39. The predicted octanol–water partition coefficient (Wildman–Crippen LogP) is 1.39. The van der Waals surface area contributed by atoms with E-state index in [1.807, 2.05) is 30.3 Å². The molecule has 184 valence electrons. The number of alkyl carbamates (subject to hydrolysis) is 1. The molecule has 2 aromatic carbocycles. The van der Waals surface area contributed by atoms with Crippen molar-refractivity contribution in [3.63, 3.8) is 0 Å². The fraction of sp³-hybridized carbons (Fsp3) is 0.292. The Bertz CT molecular complexity index is 1090. The van der Waals surface area contributed by atoms with Gasteiger partial charge in [-0.2, -0.15) is 0 Å². The lowest BCUT2D eigenvalue weighted by molar-refractivity contribution is -0.139. The minimum Gasteiger partial charge on any atom is -0.480 e. The number of carbonyl (C=O) groups is 3. The number of nitrogens with zero attached hydrogens (tertiary/aromatic N) is 1. The van der Waals surface area contributed by atoms with Gasteiger partial charge in [-0.05, 0) is 11.1 Å². The van der Waals surface area contributed by atoms with Crippen LogP contribution in [-0.2, 0) is 25.6 Å². The summed E-state index contributed by atoms with van der Waals surface area (Å²) in [5.41, 5.74) is 8.47. The highest BCUT2D eigenvalue weighted by Crippen LogP contribution is 2.19. The molecule has 0 saturated heterocycles. The van der Waals surface area contributed by atoms with E-state index < -0.39 is 30.1 Å². The number of ether oxygens (including phenoxy) is 1. The van der Waals surface area contributed by atoms with Gasteiger partial charge in [0.1, 0.15) is 18.0 Å². The summed E-state index contributed by atoms with van der Waals surface area (Å²) >= 11 is 0. The summed E-state index contributed by atoms with van der Waals surface area (Å²) < 4.78 is 5.04. The summed E-state index contributed by atoms with van der Waals surface area (Å²) in [6, 6.07) is 15.0. The van der Waals surface area contributed by atoms with E-state index in [2.05, 4.69) is 15.8 Å². The number of nitrogens with one attached hydrogen (secondary N) is 3. The fourth-order valence-corrected chi connectivity index (χ4v) is 3.34. The zero-order chi connectivity index (χ0) is 25.2. The van der Waals surface area contributed by atoms with Gasteiger partial charge in [-0.1, -0.05) is 59.8 Å². The van der Waals surface area contributed by atoms with Gasteiger partial charge in [-0.25, -0.2) is 9.59 Å². The number of amides is 2. The van der Waals surface area contributed by atoms with Crippen molar-refractivity contribution < 1.29 is 29.1 Å². The number of hydrogen-bond donors (Lipinski definition) is 5. The average molecular weight is 482 g/mol. The molecular formula is C24H27N5O6. The largest absolute Gasteiger partial charge is 0.480 e. The van der Waals surface area contributed by atoms with E-state index in [4.69, 9.17) is 20.7 Å². The lowest BCUT2D eigenvalue weighted by Gasteiger charge is -2.16. The Hall–Kier alpha value is -4.41. The van der Waals surface area contributed by atoms with Crippen LogP contribution in [0.15, 0.2) is 59.8 Å². The number of aliphatic carboxylic acids is 1. The topological polar surface area (TPSA) is 176 Å². The first-order chi connectivity index (χ1) is 16.8. The zero-order valence-electron chi connectivity index (χ0n) is 18.9. The van der Waals surface area contributed by atoms with Crippen LogP contribution in [0, 0.1) is 5.41 Å². The summed E-state index contributed by atoms with van der Waals surface area (Å²) in [6.07, 6.45) is -0.532. The molecule has 1 aliphatic heterocycles. The third-order valence-electron chi connectivity index (χ3n) is 5.24. The van der Waals surface area contributed by atoms with Crippen LogP contribution in [0.25, 0.3) is 0 Å². The quantitative estimate of drug-likeness (QED) is 0.238. The molecule has 2 amide bonds. The van der Waals surface area contributed by atoms with Crippen molar-refractivity contribution in [3.8, 4) is 0 Å². The van der Waals surface area contributed by atoms with Crippen LogP contribution in [0.2, 0.25) is 0 Å². The normalized spacial score (nSPS) is 15.3. The van der Waals surface area contributed by atoms with Crippen LogP contribution in [0.5, 0.6) is 0 Å². The van der Waals surface area contributed by atoms with Crippen molar-refractivity contribution in [3.05, 3.63) is 71.3 Å². The van der Waals surface area contributed by atoms with Crippen molar-refractivity contribution in [2.75, 3.05) is 13.2 Å². The van der Waals surface area contributed by atoms with Crippen molar-refractivity contribution in [2.24, 2.45) is 10.9 Å². The van der Waals surface area contributed by atoms with E-state index in [0.29, 0.717) is 24.1 Å². The van der Waals surface area contributed by atoms with Crippen molar-refractivity contribution >= 4 is 29.5 Å². The molecule has 0 fully saturated rings. The average Bonchev–Trinajstić information content (AvgIpc) is 3.30. The van der Waals surface area contributed by atoms with Crippen LogP contribution >= 0.6 is 0 Å². The fourth-order valence-electron chi connectivity index (χ4n) is 3.34. The third-order valence-corrected chi connectivity index (χ3v) is 5.24. The summed E-state index contributed by atoms with van der Waals surface area (Å²) in [6.45, 7) is -0.220. The number of rotatable bonds is 11. The maximum absolute atomic E-state index is 12.3. The van der Waals surface area contributed by atoms with Crippen LogP contribution in [-0.4, -0.2) is 59.9 Å². The predicted molar refractivity (Wildman–Crippen MR) is 127 cm³/mol. The summed E-state index contributed by atoms with van der Waals surface area (Å²) in [4.78, 5) is 41.0. The third kappa shape index (κ3) is 7.84. The first-order valence-electron chi connectivity index (χ1n) is 11.0. The molecule has 0 spiro atoms. The molecule has 1 unspecified atom stereocenters. The number of nitrogen functional groups attached to an aromatic ring is 1. The van der Waals surface area contributed by atoms with Gasteiger partial charge in [0, 0.05) is 24.9 Å². The summed E-state index contributed by atoms with van der Waals surface area (Å²) in [7, 11) is 0. The maximum Gasteiger partial charge on any atom is 0.407 e. The Labute approximate surface area is 201 Å². The second kappa shape index (κ2) is 12.2. The number of carboxylic acids is 1. The Morgan fingerprint density at radius 2 is 1.89 bits per heavy atom. The second-order valence-corrected chi connectivity index (χ2v) is 7.88. The lowest BCUT2D eigenvalue weighted by atomic mass is 10.0. The van der Waals surface area contributed by atoms with Gasteiger partial charge in [0.15, 0.2) is 0 Å². The van der Waals surface area contributed by atoms with E-state index in [0.717, 1.165) is 11.1 Å². The molecule has 0 aromatic heterocycles. The Morgan fingerprint density at radius 1 is 1.17 bits per heavy atom. The molecule has 11 heteroatoms. The minimum absolute atomic E-state index is 0.0353. The highest BCUT2D eigenvalue weighted by atomic mass is 16.6. The van der Waals surface area contributed by atoms with Crippen molar-refractivity contribution in [2.45, 2.75) is 31.4 Å². The molecule has 2 aromatic rings. The molecule has 1 aliphatic rings. The smallest absolute Gasteiger partial charge is 0.407 e. The van der Waals surface area contributed by atoms with E-state index in [-0.39, 0.29) is 25.4 Å². The molecule has 35 heavy (non-hydrogen) atoms.